The van der Waals surface area contributed by atoms with Crippen molar-refractivity contribution < 1.29 is 5.11 Å². The largest absolute Gasteiger partial charge is 0.392 e. The highest BCUT2D eigenvalue weighted by Gasteiger charge is 2.25. The van der Waals surface area contributed by atoms with Crippen LogP contribution in [-0.4, -0.2) is 48.8 Å². The van der Waals surface area contributed by atoms with Crippen LogP contribution in [0, 0.1) is 5.92 Å². The molecule has 15 heavy (non-hydrogen) atoms. The number of aliphatic hydroxyl groups excluding tert-OH is 1. The summed E-state index contributed by atoms with van der Waals surface area (Å²) in [6.45, 7) is 7.21. The lowest BCUT2D eigenvalue weighted by Crippen LogP contribution is -2.46. The molecule has 1 saturated heterocycles. The summed E-state index contributed by atoms with van der Waals surface area (Å²) in [5.41, 5.74) is 0. The van der Waals surface area contributed by atoms with Crippen molar-refractivity contribution in [1.29, 1.82) is 0 Å². The molecule has 1 fully saturated rings. The summed E-state index contributed by atoms with van der Waals surface area (Å²) in [6.07, 6.45) is 3.58. The first-order valence-electron chi connectivity index (χ1n) is 6.24. The summed E-state index contributed by atoms with van der Waals surface area (Å²) in [7, 11) is 2.13. The molecule has 90 valence electrons. The van der Waals surface area contributed by atoms with Gasteiger partial charge in [0.05, 0.1) is 6.10 Å². The molecule has 0 aromatic carbocycles. The molecule has 0 aromatic rings. The van der Waals surface area contributed by atoms with Gasteiger partial charge in [0, 0.05) is 12.6 Å². The number of hydrogen-bond donors (Lipinski definition) is 2. The van der Waals surface area contributed by atoms with E-state index in [-0.39, 0.29) is 6.10 Å². The normalized spacial score (nSPS) is 26.6. The minimum atomic E-state index is -0.222. The first kappa shape index (κ1) is 12.9. The minimum Gasteiger partial charge on any atom is -0.392 e. The lowest BCUT2D eigenvalue weighted by molar-refractivity contribution is 0.0846. The Morgan fingerprint density at radius 3 is 2.73 bits per heavy atom. The highest BCUT2D eigenvalue weighted by Crippen LogP contribution is 2.20. The Kier molecular flexibility index (Phi) is 5.58. The van der Waals surface area contributed by atoms with Crippen LogP contribution in [0.25, 0.3) is 0 Å². The Bertz CT molecular complexity index is 167. The molecule has 0 saturated carbocycles. The van der Waals surface area contributed by atoms with Crippen LogP contribution in [0.5, 0.6) is 0 Å². The molecule has 0 aromatic heterocycles. The van der Waals surface area contributed by atoms with E-state index >= 15 is 0 Å². The molecule has 3 heteroatoms. The second-order valence-corrected chi connectivity index (χ2v) is 4.87. The Hall–Kier alpha value is -0.120. The van der Waals surface area contributed by atoms with Crippen LogP contribution in [0.1, 0.15) is 33.1 Å². The Morgan fingerprint density at radius 1 is 1.53 bits per heavy atom. The number of aliphatic hydroxyl groups is 1. The standard InChI is InChI=1S/C12H26N2O/c1-4-12(14(3)9-10(2)15)11-6-5-7-13-8-11/h10-13,15H,4-9H2,1-3H3. The van der Waals surface area contributed by atoms with Crippen molar-refractivity contribution in [1.82, 2.24) is 10.2 Å². The van der Waals surface area contributed by atoms with Gasteiger partial charge >= 0.3 is 0 Å². The monoisotopic (exact) mass is 214 g/mol. The van der Waals surface area contributed by atoms with Crippen molar-refractivity contribution in [2.24, 2.45) is 5.92 Å². The van der Waals surface area contributed by atoms with Crippen LogP contribution in [0.15, 0.2) is 0 Å². The molecule has 2 N–H and O–H groups in total. The van der Waals surface area contributed by atoms with Crippen LogP contribution < -0.4 is 5.32 Å². The van der Waals surface area contributed by atoms with Crippen molar-refractivity contribution in [3.8, 4) is 0 Å². The number of nitrogens with zero attached hydrogens (tertiary/aromatic N) is 1. The van der Waals surface area contributed by atoms with E-state index in [0.29, 0.717) is 6.04 Å². The molecular formula is C12H26N2O. The number of nitrogens with one attached hydrogen (secondary N) is 1. The van der Waals surface area contributed by atoms with Gasteiger partial charge < -0.3 is 15.3 Å². The third kappa shape index (κ3) is 4.09. The van der Waals surface area contributed by atoms with Gasteiger partial charge in [-0.3, -0.25) is 0 Å². The molecule has 1 aliphatic heterocycles. The van der Waals surface area contributed by atoms with Crippen LogP contribution in [0.4, 0.5) is 0 Å². The quantitative estimate of drug-likeness (QED) is 0.719. The van der Waals surface area contributed by atoms with Gasteiger partial charge in [0.2, 0.25) is 0 Å². The average Bonchev–Trinajstić information content (AvgIpc) is 2.19. The van der Waals surface area contributed by atoms with E-state index in [1.807, 2.05) is 6.92 Å². The molecule has 0 amide bonds. The highest BCUT2D eigenvalue weighted by molar-refractivity contribution is 4.81. The van der Waals surface area contributed by atoms with Gasteiger partial charge in [-0.15, -0.1) is 0 Å². The van der Waals surface area contributed by atoms with Crippen molar-refractivity contribution in [3.05, 3.63) is 0 Å². The molecule has 1 aliphatic rings. The fraction of sp³-hybridized carbons (Fsp3) is 1.00. The Morgan fingerprint density at radius 2 is 2.27 bits per heavy atom. The smallest absolute Gasteiger partial charge is 0.0639 e. The van der Waals surface area contributed by atoms with Crippen LogP contribution >= 0.6 is 0 Å². The summed E-state index contributed by atoms with van der Waals surface area (Å²) in [5.74, 6) is 0.757. The van der Waals surface area contributed by atoms with Crippen LogP contribution in [0.3, 0.4) is 0 Å². The summed E-state index contributed by atoms with van der Waals surface area (Å²) >= 11 is 0. The molecule has 1 rings (SSSR count). The summed E-state index contributed by atoms with van der Waals surface area (Å²) in [5, 5.41) is 12.9. The molecular weight excluding hydrogens is 188 g/mol. The Balaban J connectivity index is 2.45. The lowest BCUT2D eigenvalue weighted by atomic mass is 9.89. The molecule has 3 nitrogen and oxygen atoms in total. The lowest BCUT2D eigenvalue weighted by Gasteiger charge is -2.37. The van der Waals surface area contributed by atoms with Gasteiger partial charge in [0.25, 0.3) is 0 Å². The number of hydrogen-bond acceptors (Lipinski definition) is 3. The number of piperidine rings is 1. The molecule has 0 aliphatic carbocycles. The predicted molar refractivity (Wildman–Crippen MR) is 64.0 cm³/mol. The van der Waals surface area contributed by atoms with Crippen LogP contribution in [-0.2, 0) is 0 Å². The molecule has 0 radical (unpaired) electrons. The second kappa shape index (κ2) is 6.46. The average molecular weight is 214 g/mol. The van der Waals surface area contributed by atoms with E-state index in [0.717, 1.165) is 19.0 Å². The molecule has 0 bridgehead atoms. The maximum absolute atomic E-state index is 9.41. The van der Waals surface area contributed by atoms with Gasteiger partial charge in [0.15, 0.2) is 0 Å². The first-order valence-corrected chi connectivity index (χ1v) is 6.24. The fourth-order valence-corrected chi connectivity index (χ4v) is 2.76. The zero-order chi connectivity index (χ0) is 11.3. The van der Waals surface area contributed by atoms with E-state index in [9.17, 15) is 5.11 Å². The van der Waals surface area contributed by atoms with Gasteiger partial charge in [0.1, 0.15) is 0 Å². The number of rotatable bonds is 5. The SMILES string of the molecule is CCC(C1CCCNC1)N(C)CC(C)O. The maximum atomic E-state index is 9.41. The third-order valence-corrected chi connectivity index (χ3v) is 3.42. The maximum Gasteiger partial charge on any atom is 0.0639 e. The van der Waals surface area contributed by atoms with Crippen molar-refractivity contribution in [2.45, 2.75) is 45.3 Å². The van der Waals surface area contributed by atoms with E-state index in [1.165, 1.54) is 25.8 Å². The van der Waals surface area contributed by atoms with E-state index in [4.69, 9.17) is 0 Å². The zero-order valence-electron chi connectivity index (χ0n) is 10.4. The predicted octanol–water partition coefficient (Wildman–Crippen LogP) is 1.08. The molecule has 1 heterocycles. The van der Waals surface area contributed by atoms with Crippen LogP contribution in [0.2, 0.25) is 0 Å². The third-order valence-electron chi connectivity index (χ3n) is 3.42. The van der Waals surface area contributed by atoms with Gasteiger partial charge in [-0.1, -0.05) is 6.92 Å². The summed E-state index contributed by atoms with van der Waals surface area (Å²) < 4.78 is 0. The molecule has 0 spiro atoms. The van der Waals surface area contributed by atoms with Crippen molar-refractivity contribution >= 4 is 0 Å². The summed E-state index contributed by atoms with van der Waals surface area (Å²) in [4.78, 5) is 2.32. The zero-order valence-corrected chi connectivity index (χ0v) is 10.4. The van der Waals surface area contributed by atoms with Crippen molar-refractivity contribution in [3.63, 3.8) is 0 Å². The highest BCUT2D eigenvalue weighted by atomic mass is 16.3. The minimum absolute atomic E-state index is 0.222. The second-order valence-electron chi connectivity index (χ2n) is 4.87. The van der Waals surface area contributed by atoms with E-state index in [2.05, 4.69) is 24.2 Å². The summed E-state index contributed by atoms with van der Waals surface area (Å²) in [6, 6.07) is 0.618. The van der Waals surface area contributed by atoms with E-state index in [1.54, 1.807) is 0 Å². The van der Waals surface area contributed by atoms with Gasteiger partial charge in [-0.05, 0) is 52.2 Å². The fourth-order valence-electron chi connectivity index (χ4n) is 2.76. The molecule has 3 unspecified atom stereocenters. The van der Waals surface area contributed by atoms with Crippen molar-refractivity contribution in [2.75, 3.05) is 26.7 Å². The number of likely N-dealkylation sites (N-methyl/N-ethyl adjacent to an activating group) is 1. The topological polar surface area (TPSA) is 35.5 Å². The Labute approximate surface area is 93.9 Å². The van der Waals surface area contributed by atoms with Gasteiger partial charge in [-0.25, -0.2) is 0 Å². The molecule has 3 atom stereocenters. The van der Waals surface area contributed by atoms with E-state index < -0.39 is 0 Å². The van der Waals surface area contributed by atoms with Gasteiger partial charge in [-0.2, -0.15) is 0 Å². The first-order chi connectivity index (χ1) is 7.15.